The first kappa shape index (κ1) is 49.5. The molecule has 0 unspecified atom stereocenters. The van der Waals surface area contributed by atoms with E-state index in [1.54, 1.807) is 60.7 Å². The topological polar surface area (TPSA) is 204 Å². The zero-order chi connectivity index (χ0) is 47.2. The van der Waals surface area contributed by atoms with Gasteiger partial charge in [0.25, 0.3) is 0 Å². The summed E-state index contributed by atoms with van der Waals surface area (Å²) in [7, 11) is -5.35. The van der Waals surface area contributed by atoms with E-state index in [9.17, 15) is 27.7 Å². The molecule has 2 aliphatic rings. The molecular formula is C50H55NO15S. The van der Waals surface area contributed by atoms with Gasteiger partial charge in [0.05, 0.1) is 39.6 Å². The molecule has 0 radical (unpaired) electrons. The summed E-state index contributed by atoms with van der Waals surface area (Å²) in [4.78, 5) is 26.4. The Morgan fingerprint density at radius 3 is 1.51 bits per heavy atom. The molecule has 3 N–H and O–H groups in total. The molecule has 0 spiro atoms. The summed E-state index contributed by atoms with van der Waals surface area (Å²) in [5, 5.41) is 13.7. The molecule has 2 heterocycles. The fourth-order valence-corrected chi connectivity index (χ4v) is 8.33. The Morgan fingerprint density at radius 1 is 0.567 bits per heavy atom. The smallest absolute Gasteiger partial charge is 0.397 e. The average Bonchev–Trinajstić information content (AvgIpc) is 3.32. The maximum atomic E-state index is 13.3. The van der Waals surface area contributed by atoms with E-state index in [0.717, 1.165) is 22.3 Å². The van der Waals surface area contributed by atoms with Gasteiger partial charge in [0.1, 0.15) is 36.6 Å². The molecule has 0 aliphatic carbocycles. The van der Waals surface area contributed by atoms with E-state index in [-0.39, 0.29) is 39.6 Å². The van der Waals surface area contributed by atoms with Gasteiger partial charge < -0.3 is 48.3 Å². The molecule has 5 aromatic rings. The summed E-state index contributed by atoms with van der Waals surface area (Å²) in [6.07, 6.45) is -13.7. The Hall–Kier alpha value is -5.41. The highest BCUT2D eigenvalue weighted by Gasteiger charge is 2.57. The first-order chi connectivity index (χ1) is 32.4. The third-order valence-corrected chi connectivity index (χ3v) is 11.5. The first-order valence-electron chi connectivity index (χ1n) is 21.8. The monoisotopic (exact) mass is 941 g/mol. The van der Waals surface area contributed by atoms with E-state index in [1.807, 2.05) is 91.9 Å². The molecule has 1 amide bonds. The SMILES string of the molecule is CC(=O)N[C@H]1[C@H](OCc2ccccc2)O[C@H](COCc2ccc(C)cc2)[C@@H](OCc2ccccc2)[C@@H]1O[C@@H]1O[C@H](C(=O)O)[C@@H](OCc2ccccc2)[C@H](OCc2ccccc2)[C@H]1OS(=O)(=O)O. The second-order valence-electron chi connectivity index (χ2n) is 16.2. The number of hydrogen-bond donors (Lipinski definition) is 3. The van der Waals surface area contributed by atoms with Crippen LogP contribution in [0.4, 0.5) is 0 Å². The minimum atomic E-state index is -5.35. The number of hydrogen-bond acceptors (Lipinski definition) is 13. The maximum Gasteiger partial charge on any atom is 0.397 e. The molecule has 67 heavy (non-hydrogen) atoms. The summed E-state index contributed by atoms with van der Waals surface area (Å²) in [5.74, 6) is -2.03. The van der Waals surface area contributed by atoms with E-state index < -0.39 is 83.6 Å². The Bertz CT molecular complexity index is 2400. The molecule has 7 rings (SSSR count). The lowest BCUT2D eigenvalue weighted by atomic mass is 9.94. The van der Waals surface area contributed by atoms with Crippen molar-refractivity contribution >= 4 is 22.3 Å². The standard InChI is InChI=1S/C50H55NO15S/c1-33-23-25-39(26-24-33)27-58-32-40-42(59-28-35-15-7-3-8-16-35)43(41(51-34(2)52)49(63-40)62-31-38-21-13-6-14-22-38)64-50-47(66-67(55,56)57)45(61-30-37-19-11-5-12-20-37)44(46(65-50)48(53)54)60-29-36-17-9-4-10-18-36/h3-26,40-47,49-50H,27-32H2,1-2H3,(H,51,52)(H,53,54)(H,55,56,57)/t40-,41-,42-,43-,44+,45+,46+,47-,49-,50-/m1/s1. The minimum absolute atomic E-state index is 0.00203. The molecule has 0 aromatic heterocycles. The van der Waals surface area contributed by atoms with Crippen LogP contribution in [0.5, 0.6) is 0 Å². The van der Waals surface area contributed by atoms with Crippen molar-refractivity contribution in [3.05, 3.63) is 179 Å². The van der Waals surface area contributed by atoms with Crippen molar-refractivity contribution < 1.29 is 69.7 Å². The van der Waals surface area contributed by atoms with E-state index >= 15 is 0 Å². The van der Waals surface area contributed by atoms with E-state index in [0.29, 0.717) is 11.1 Å². The zero-order valence-electron chi connectivity index (χ0n) is 37.0. The van der Waals surface area contributed by atoms with Crippen molar-refractivity contribution in [2.45, 2.75) is 108 Å². The Balaban J connectivity index is 1.29. The highest BCUT2D eigenvalue weighted by atomic mass is 32.3. The molecule has 2 fully saturated rings. The number of carbonyl (C=O) groups excluding carboxylic acids is 1. The fraction of sp³-hybridized carbons (Fsp3) is 0.360. The lowest BCUT2D eigenvalue weighted by molar-refractivity contribution is -0.349. The minimum Gasteiger partial charge on any atom is -0.479 e. The van der Waals surface area contributed by atoms with Gasteiger partial charge in [-0.2, -0.15) is 8.42 Å². The fourth-order valence-electron chi connectivity index (χ4n) is 7.85. The van der Waals surface area contributed by atoms with Gasteiger partial charge in [0, 0.05) is 6.92 Å². The van der Waals surface area contributed by atoms with Crippen molar-refractivity contribution in [3.8, 4) is 0 Å². The summed E-state index contributed by atoms with van der Waals surface area (Å²) >= 11 is 0. The van der Waals surface area contributed by atoms with Crippen molar-refractivity contribution in [2.75, 3.05) is 6.61 Å². The predicted octanol–water partition coefficient (Wildman–Crippen LogP) is 6.10. The third kappa shape index (κ3) is 14.5. The average molecular weight is 942 g/mol. The van der Waals surface area contributed by atoms with E-state index in [4.69, 9.17) is 42.1 Å². The maximum absolute atomic E-state index is 13.3. The van der Waals surface area contributed by atoms with Crippen molar-refractivity contribution in [3.63, 3.8) is 0 Å². The van der Waals surface area contributed by atoms with Gasteiger partial charge in [-0.25, -0.2) is 8.98 Å². The van der Waals surface area contributed by atoms with Gasteiger partial charge in [-0.3, -0.25) is 9.35 Å². The second kappa shape index (κ2) is 24.0. The number of carboxylic acid groups (broad SMARTS) is 1. The molecule has 17 heteroatoms. The number of carbonyl (C=O) groups is 2. The molecule has 0 saturated carbocycles. The van der Waals surface area contributed by atoms with Crippen LogP contribution in [0.2, 0.25) is 0 Å². The summed E-state index contributed by atoms with van der Waals surface area (Å²) in [6.45, 7) is 3.05. The van der Waals surface area contributed by atoms with Crippen molar-refractivity contribution in [1.29, 1.82) is 0 Å². The largest absolute Gasteiger partial charge is 0.479 e. The lowest BCUT2D eigenvalue weighted by Gasteiger charge is -2.49. The molecule has 356 valence electrons. The number of aliphatic carboxylic acids is 1. The van der Waals surface area contributed by atoms with Gasteiger partial charge in [0.15, 0.2) is 24.8 Å². The van der Waals surface area contributed by atoms with Crippen LogP contribution in [-0.2, 0) is 95.1 Å². The predicted molar refractivity (Wildman–Crippen MR) is 241 cm³/mol. The zero-order valence-corrected chi connectivity index (χ0v) is 37.8. The number of aryl methyl sites for hydroxylation is 1. The number of rotatable bonds is 22. The van der Waals surface area contributed by atoms with E-state index in [2.05, 4.69) is 5.32 Å². The number of nitrogens with one attached hydrogen (secondary N) is 1. The number of amides is 1. The normalized spacial score (nSPS) is 25.3. The van der Waals surface area contributed by atoms with Crippen LogP contribution in [-0.4, -0.2) is 97.9 Å². The van der Waals surface area contributed by atoms with Crippen LogP contribution in [0.15, 0.2) is 146 Å². The molecule has 5 aromatic carbocycles. The van der Waals surface area contributed by atoms with E-state index in [1.165, 1.54) is 6.92 Å². The highest BCUT2D eigenvalue weighted by molar-refractivity contribution is 7.80. The number of benzene rings is 5. The first-order valence-corrected chi connectivity index (χ1v) is 23.1. The number of carboxylic acids is 1. The summed E-state index contributed by atoms with van der Waals surface area (Å²) in [6, 6.07) is 42.7. The van der Waals surface area contributed by atoms with Crippen LogP contribution < -0.4 is 5.32 Å². The molecule has 2 aliphatic heterocycles. The number of ether oxygens (including phenoxy) is 8. The van der Waals surface area contributed by atoms with Crippen LogP contribution in [0.25, 0.3) is 0 Å². The second-order valence-corrected chi connectivity index (χ2v) is 17.3. The van der Waals surface area contributed by atoms with Gasteiger partial charge in [-0.1, -0.05) is 151 Å². The van der Waals surface area contributed by atoms with Gasteiger partial charge in [-0.15, -0.1) is 0 Å². The Kier molecular flexibility index (Phi) is 17.8. The Morgan fingerprint density at radius 2 is 1.03 bits per heavy atom. The van der Waals surface area contributed by atoms with Crippen molar-refractivity contribution in [1.82, 2.24) is 5.32 Å². The van der Waals surface area contributed by atoms with Crippen LogP contribution in [0.1, 0.15) is 40.3 Å². The van der Waals surface area contributed by atoms with Crippen LogP contribution >= 0.6 is 0 Å². The van der Waals surface area contributed by atoms with Gasteiger partial charge in [0.2, 0.25) is 5.91 Å². The molecule has 0 bridgehead atoms. The third-order valence-electron chi connectivity index (χ3n) is 11.1. The lowest BCUT2D eigenvalue weighted by Crippen LogP contribution is -2.69. The van der Waals surface area contributed by atoms with Gasteiger partial charge in [-0.05, 0) is 34.7 Å². The van der Waals surface area contributed by atoms with Crippen molar-refractivity contribution in [2.24, 2.45) is 0 Å². The molecule has 2 saturated heterocycles. The van der Waals surface area contributed by atoms with Gasteiger partial charge >= 0.3 is 16.4 Å². The molecule has 16 nitrogen and oxygen atoms in total. The highest BCUT2D eigenvalue weighted by Crippen LogP contribution is 2.36. The van der Waals surface area contributed by atoms with Crippen LogP contribution in [0.3, 0.4) is 0 Å². The Labute approximate surface area is 389 Å². The molecular weight excluding hydrogens is 887 g/mol. The molecule has 10 atom stereocenters. The van der Waals surface area contributed by atoms with Crippen LogP contribution in [0, 0.1) is 6.92 Å². The summed E-state index contributed by atoms with van der Waals surface area (Å²) in [5.41, 5.74) is 4.80. The quantitative estimate of drug-likeness (QED) is 0.0672. The summed E-state index contributed by atoms with van der Waals surface area (Å²) < 4.78 is 93.0.